The molecule has 0 aliphatic heterocycles. The Labute approximate surface area is 109 Å². The third-order valence-corrected chi connectivity index (χ3v) is 3.10. The van der Waals surface area contributed by atoms with Gasteiger partial charge in [0.05, 0.1) is 14.2 Å². The highest BCUT2D eigenvalue weighted by atomic mass is 16.5. The van der Waals surface area contributed by atoms with Crippen LogP contribution in [0.3, 0.4) is 0 Å². The molecule has 0 aliphatic carbocycles. The molecule has 1 rings (SSSR count). The molecule has 0 spiro atoms. The zero-order chi connectivity index (χ0) is 13.5. The molecule has 0 fully saturated rings. The highest BCUT2D eigenvalue weighted by Gasteiger charge is 2.13. The van der Waals surface area contributed by atoms with Crippen molar-refractivity contribution in [2.24, 2.45) is 11.7 Å². The van der Waals surface area contributed by atoms with Gasteiger partial charge in [0.2, 0.25) is 0 Å². The minimum absolute atomic E-state index is 0.306. The average Bonchev–Trinajstić information content (AvgIpc) is 2.38. The van der Waals surface area contributed by atoms with Gasteiger partial charge in [0.1, 0.15) is 0 Å². The molecule has 0 aromatic heterocycles. The molecule has 1 aromatic rings. The summed E-state index contributed by atoms with van der Waals surface area (Å²) in [6.45, 7) is 5.67. The van der Waals surface area contributed by atoms with Crippen molar-refractivity contribution in [1.82, 2.24) is 5.32 Å². The van der Waals surface area contributed by atoms with Crippen molar-refractivity contribution in [3.63, 3.8) is 0 Å². The molecular weight excluding hydrogens is 228 g/mol. The molecule has 102 valence electrons. The highest BCUT2D eigenvalue weighted by Crippen LogP contribution is 2.30. The number of para-hydroxylation sites is 1. The number of ether oxygens (including phenoxy) is 2. The van der Waals surface area contributed by atoms with Crippen molar-refractivity contribution in [1.29, 1.82) is 0 Å². The van der Waals surface area contributed by atoms with E-state index in [1.54, 1.807) is 14.2 Å². The third-order valence-electron chi connectivity index (χ3n) is 3.10. The molecule has 1 unspecified atom stereocenters. The molecule has 0 aliphatic rings. The lowest BCUT2D eigenvalue weighted by molar-refractivity contribution is 0.346. The average molecular weight is 252 g/mol. The highest BCUT2D eigenvalue weighted by molar-refractivity contribution is 5.46. The minimum atomic E-state index is 0.306. The fraction of sp³-hybridized carbons (Fsp3) is 0.571. The zero-order valence-electron chi connectivity index (χ0n) is 11.7. The SMILES string of the molecule is COc1cccc(CNC(CN)C(C)C)c1OC. The molecule has 0 radical (unpaired) electrons. The van der Waals surface area contributed by atoms with Crippen LogP contribution in [0, 0.1) is 5.92 Å². The summed E-state index contributed by atoms with van der Waals surface area (Å²) < 4.78 is 10.7. The molecule has 0 amide bonds. The van der Waals surface area contributed by atoms with Crippen molar-refractivity contribution >= 4 is 0 Å². The minimum Gasteiger partial charge on any atom is -0.493 e. The van der Waals surface area contributed by atoms with Crippen molar-refractivity contribution in [2.45, 2.75) is 26.4 Å². The van der Waals surface area contributed by atoms with E-state index in [-0.39, 0.29) is 0 Å². The van der Waals surface area contributed by atoms with E-state index >= 15 is 0 Å². The summed E-state index contributed by atoms with van der Waals surface area (Å²) in [5.74, 6) is 2.05. The predicted octanol–water partition coefficient (Wildman–Crippen LogP) is 1.78. The van der Waals surface area contributed by atoms with Gasteiger partial charge >= 0.3 is 0 Å². The molecule has 0 saturated heterocycles. The van der Waals surface area contributed by atoms with Gasteiger partial charge < -0.3 is 20.5 Å². The fourth-order valence-corrected chi connectivity index (χ4v) is 1.93. The Morgan fingerprint density at radius 3 is 2.44 bits per heavy atom. The van der Waals surface area contributed by atoms with Gasteiger partial charge in [-0.25, -0.2) is 0 Å². The second kappa shape index (κ2) is 7.24. The van der Waals surface area contributed by atoms with Gasteiger partial charge in [-0.3, -0.25) is 0 Å². The summed E-state index contributed by atoms with van der Waals surface area (Å²) in [5, 5.41) is 3.45. The van der Waals surface area contributed by atoms with Crippen LogP contribution in [0.15, 0.2) is 18.2 Å². The Bertz CT molecular complexity index is 367. The van der Waals surface area contributed by atoms with Gasteiger partial charge in [-0.15, -0.1) is 0 Å². The van der Waals surface area contributed by atoms with Crippen molar-refractivity contribution < 1.29 is 9.47 Å². The molecule has 4 heteroatoms. The van der Waals surface area contributed by atoms with E-state index in [4.69, 9.17) is 15.2 Å². The maximum atomic E-state index is 5.75. The number of benzene rings is 1. The number of nitrogens with two attached hydrogens (primary N) is 1. The van der Waals surface area contributed by atoms with Gasteiger partial charge in [0, 0.05) is 24.7 Å². The van der Waals surface area contributed by atoms with Gasteiger partial charge in [-0.1, -0.05) is 26.0 Å². The first-order valence-corrected chi connectivity index (χ1v) is 6.27. The molecule has 0 heterocycles. The Balaban J connectivity index is 2.78. The number of rotatable bonds is 7. The predicted molar refractivity (Wildman–Crippen MR) is 74.1 cm³/mol. The van der Waals surface area contributed by atoms with E-state index in [1.807, 2.05) is 18.2 Å². The second-order valence-electron chi connectivity index (χ2n) is 4.62. The molecule has 3 N–H and O–H groups in total. The van der Waals surface area contributed by atoms with E-state index in [0.717, 1.165) is 23.6 Å². The van der Waals surface area contributed by atoms with E-state index in [2.05, 4.69) is 19.2 Å². The van der Waals surface area contributed by atoms with Crippen LogP contribution >= 0.6 is 0 Å². The summed E-state index contributed by atoms with van der Waals surface area (Å²) in [6.07, 6.45) is 0. The Morgan fingerprint density at radius 2 is 1.94 bits per heavy atom. The van der Waals surface area contributed by atoms with Gasteiger partial charge in [0.25, 0.3) is 0 Å². The van der Waals surface area contributed by atoms with Crippen molar-refractivity contribution in [2.75, 3.05) is 20.8 Å². The van der Waals surface area contributed by atoms with Crippen LogP contribution in [0.5, 0.6) is 11.5 Å². The Hall–Kier alpha value is -1.26. The Kier molecular flexibility index (Phi) is 5.95. The number of nitrogens with one attached hydrogen (secondary N) is 1. The summed E-state index contributed by atoms with van der Waals surface area (Å²) in [6, 6.07) is 6.19. The van der Waals surface area contributed by atoms with Crippen LogP contribution < -0.4 is 20.5 Å². The lowest BCUT2D eigenvalue weighted by Crippen LogP contribution is -2.39. The number of hydrogen-bond donors (Lipinski definition) is 2. The smallest absolute Gasteiger partial charge is 0.165 e. The van der Waals surface area contributed by atoms with E-state index in [0.29, 0.717) is 18.5 Å². The van der Waals surface area contributed by atoms with Crippen LogP contribution in [0.25, 0.3) is 0 Å². The van der Waals surface area contributed by atoms with Crippen molar-refractivity contribution in [3.05, 3.63) is 23.8 Å². The lowest BCUT2D eigenvalue weighted by Gasteiger charge is -2.21. The molecule has 0 bridgehead atoms. The van der Waals surface area contributed by atoms with Crippen LogP contribution in [0.1, 0.15) is 19.4 Å². The molecule has 1 atom stereocenters. The quantitative estimate of drug-likeness (QED) is 0.776. The van der Waals surface area contributed by atoms with Gasteiger partial charge in [-0.2, -0.15) is 0 Å². The lowest BCUT2D eigenvalue weighted by atomic mass is 10.0. The summed E-state index contributed by atoms with van der Waals surface area (Å²) in [4.78, 5) is 0. The maximum Gasteiger partial charge on any atom is 0.165 e. The van der Waals surface area contributed by atoms with E-state index in [9.17, 15) is 0 Å². The Morgan fingerprint density at radius 1 is 1.22 bits per heavy atom. The monoisotopic (exact) mass is 252 g/mol. The van der Waals surface area contributed by atoms with Crippen LogP contribution in [0.2, 0.25) is 0 Å². The first-order valence-electron chi connectivity index (χ1n) is 6.27. The van der Waals surface area contributed by atoms with Crippen LogP contribution in [-0.2, 0) is 6.54 Å². The molecular formula is C14H24N2O2. The molecule has 1 aromatic carbocycles. The maximum absolute atomic E-state index is 5.75. The molecule has 0 saturated carbocycles. The van der Waals surface area contributed by atoms with E-state index in [1.165, 1.54) is 0 Å². The second-order valence-corrected chi connectivity index (χ2v) is 4.62. The standard InChI is InChI=1S/C14H24N2O2/c1-10(2)12(8-15)16-9-11-6-5-7-13(17-3)14(11)18-4/h5-7,10,12,16H,8-9,15H2,1-4H3. The zero-order valence-corrected chi connectivity index (χ0v) is 11.7. The fourth-order valence-electron chi connectivity index (χ4n) is 1.93. The molecule has 4 nitrogen and oxygen atoms in total. The van der Waals surface area contributed by atoms with Crippen LogP contribution in [-0.4, -0.2) is 26.8 Å². The number of methoxy groups -OCH3 is 2. The normalized spacial score (nSPS) is 12.6. The first-order chi connectivity index (χ1) is 8.63. The van der Waals surface area contributed by atoms with Crippen molar-refractivity contribution in [3.8, 4) is 11.5 Å². The topological polar surface area (TPSA) is 56.5 Å². The number of hydrogen-bond acceptors (Lipinski definition) is 4. The van der Waals surface area contributed by atoms with E-state index < -0.39 is 0 Å². The molecule has 18 heavy (non-hydrogen) atoms. The van der Waals surface area contributed by atoms with Crippen LogP contribution in [0.4, 0.5) is 0 Å². The van der Waals surface area contributed by atoms with Gasteiger partial charge in [-0.05, 0) is 12.0 Å². The summed E-state index contributed by atoms with van der Waals surface area (Å²) in [5.41, 5.74) is 6.83. The third kappa shape index (κ3) is 3.62. The summed E-state index contributed by atoms with van der Waals surface area (Å²) in [7, 11) is 3.30. The summed E-state index contributed by atoms with van der Waals surface area (Å²) >= 11 is 0. The first kappa shape index (κ1) is 14.8. The van der Waals surface area contributed by atoms with Gasteiger partial charge in [0.15, 0.2) is 11.5 Å². The largest absolute Gasteiger partial charge is 0.493 e.